The summed E-state index contributed by atoms with van der Waals surface area (Å²) >= 11 is 12.0. The minimum atomic E-state index is -0.208. The molecule has 1 fully saturated rings. The molecule has 1 aromatic rings. The number of Topliss-reactive ketones (excluding diaryl/α,β-unsaturated/α-hetero) is 1. The number of hydrogen-bond acceptors (Lipinski definition) is 3. The Morgan fingerprint density at radius 2 is 1.95 bits per heavy atom. The van der Waals surface area contributed by atoms with Gasteiger partial charge in [0.25, 0.3) is 0 Å². The van der Waals surface area contributed by atoms with E-state index in [0.717, 1.165) is 0 Å². The van der Waals surface area contributed by atoms with Crippen LogP contribution in [0, 0.1) is 5.41 Å². The van der Waals surface area contributed by atoms with Gasteiger partial charge in [-0.3, -0.25) is 4.79 Å². The van der Waals surface area contributed by atoms with E-state index in [1.54, 1.807) is 18.2 Å². The van der Waals surface area contributed by atoms with Crippen molar-refractivity contribution in [3.63, 3.8) is 0 Å². The highest BCUT2D eigenvalue weighted by Gasteiger charge is 2.28. The summed E-state index contributed by atoms with van der Waals surface area (Å²) in [6.07, 6.45) is 1.61. The van der Waals surface area contributed by atoms with Crippen molar-refractivity contribution >= 4 is 29.0 Å². The molecule has 0 aliphatic carbocycles. The van der Waals surface area contributed by atoms with Crippen LogP contribution in [-0.2, 0) is 9.47 Å². The van der Waals surface area contributed by atoms with Gasteiger partial charge in [-0.25, -0.2) is 0 Å². The van der Waals surface area contributed by atoms with Crippen molar-refractivity contribution in [1.82, 2.24) is 0 Å². The Morgan fingerprint density at radius 1 is 1.29 bits per heavy atom. The van der Waals surface area contributed by atoms with Gasteiger partial charge in [0.2, 0.25) is 0 Å². The highest BCUT2D eigenvalue weighted by molar-refractivity contribution is 6.43. The van der Waals surface area contributed by atoms with Gasteiger partial charge in [0.1, 0.15) is 0 Å². The molecule has 1 aliphatic heterocycles. The fraction of sp³-hybridized carbons (Fsp3) is 0.562. The third kappa shape index (κ3) is 4.68. The zero-order chi connectivity index (χ0) is 15.5. The van der Waals surface area contributed by atoms with Crippen LogP contribution < -0.4 is 0 Å². The summed E-state index contributed by atoms with van der Waals surface area (Å²) in [5.41, 5.74) is 0.552. The Balaban J connectivity index is 1.79. The van der Waals surface area contributed by atoms with Gasteiger partial charge in [0.05, 0.1) is 23.3 Å². The van der Waals surface area contributed by atoms with Crippen LogP contribution in [0.25, 0.3) is 0 Å². The monoisotopic (exact) mass is 330 g/mol. The van der Waals surface area contributed by atoms with Gasteiger partial charge in [-0.1, -0.05) is 43.1 Å². The molecule has 0 spiro atoms. The summed E-state index contributed by atoms with van der Waals surface area (Å²) in [7, 11) is 0. The molecule has 116 valence electrons. The van der Waals surface area contributed by atoms with E-state index in [9.17, 15) is 4.79 Å². The molecule has 0 bridgehead atoms. The molecule has 1 aliphatic rings. The number of halogens is 2. The first-order valence-electron chi connectivity index (χ1n) is 7.09. The van der Waals surface area contributed by atoms with Crippen molar-refractivity contribution in [2.45, 2.75) is 39.4 Å². The molecular formula is C16H20Cl2O3. The molecule has 5 heteroatoms. The number of carbonyl (C=O) groups excluding carboxylic acids is 1. The van der Waals surface area contributed by atoms with Crippen LogP contribution in [0.1, 0.15) is 43.5 Å². The molecule has 0 radical (unpaired) electrons. The maximum Gasteiger partial charge on any atom is 0.164 e. The Labute approximate surface area is 135 Å². The predicted molar refractivity (Wildman–Crippen MR) is 84.1 cm³/mol. The predicted octanol–water partition coefficient (Wildman–Crippen LogP) is 4.75. The summed E-state index contributed by atoms with van der Waals surface area (Å²) in [6.45, 7) is 5.58. The summed E-state index contributed by atoms with van der Waals surface area (Å²) < 4.78 is 11.3. The quantitative estimate of drug-likeness (QED) is 0.731. The van der Waals surface area contributed by atoms with Crippen molar-refractivity contribution < 1.29 is 14.3 Å². The lowest BCUT2D eigenvalue weighted by Gasteiger charge is -2.34. The van der Waals surface area contributed by atoms with Crippen molar-refractivity contribution in [3.8, 4) is 0 Å². The van der Waals surface area contributed by atoms with Crippen molar-refractivity contribution in [3.05, 3.63) is 33.8 Å². The highest BCUT2D eigenvalue weighted by Crippen LogP contribution is 2.28. The van der Waals surface area contributed by atoms with E-state index in [2.05, 4.69) is 13.8 Å². The lowest BCUT2D eigenvalue weighted by molar-refractivity contribution is -0.223. The summed E-state index contributed by atoms with van der Waals surface area (Å²) in [6, 6.07) is 5.11. The molecule has 2 rings (SSSR count). The summed E-state index contributed by atoms with van der Waals surface area (Å²) in [5, 5.41) is 0.736. The first kappa shape index (κ1) is 16.8. The van der Waals surface area contributed by atoms with Crippen LogP contribution in [0.15, 0.2) is 18.2 Å². The zero-order valence-electron chi connectivity index (χ0n) is 12.3. The fourth-order valence-electron chi connectivity index (χ4n) is 2.18. The van der Waals surface area contributed by atoms with E-state index in [0.29, 0.717) is 48.1 Å². The molecule has 0 atom stereocenters. The number of carbonyl (C=O) groups is 1. The van der Waals surface area contributed by atoms with Gasteiger partial charge in [0, 0.05) is 17.4 Å². The van der Waals surface area contributed by atoms with Crippen LogP contribution >= 0.6 is 23.2 Å². The van der Waals surface area contributed by atoms with Gasteiger partial charge in [-0.15, -0.1) is 0 Å². The standard InChI is InChI=1S/C16H20Cl2O3/c1-16(2)9-20-14(21-10-16)8-4-7-13(19)11-5-3-6-12(17)15(11)18/h3,5-6,14H,4,7-10H2,1-2H3. The number of ketones is 1. The largest absolute Gasteiger partial charge is 0.352 e. The number of rotatable bonds is 5. The van der Waals surface area contributed by atoms with Gasteiger partial charge in [-0.05, 0) is 25.0 Å². The molecule has 0 saturated carbocycles. The maximum absolute atomic E-state index is 12.1. The molecule has 1 heterocycles. The Morgan fingerprint density at radius 3 is 2.62 bits per heavy atom. The average Bonchev–Trinajstić information content (AvgIpc) is 2.43. The molecule has 3 nitrogen and oxygen atoms in total. The van der Waals surface area contributed by atoms with E-state index >= 15 is 0 Å². The molecule has 21 heavy (non-hydrogen) atoms. The highest BCUT2D eigenvalue weighted by atomic mass is 35.5. The lowest BCUT2D eigenvalue weighted by Crippen LogP contribution is -2.37. The van der Waals surface area contributed by atoms with Crippen molar-refractivity contribution in [2.75, 3.05) is 13.2 Å². The molecule has 0 N–H and O–H groups in total. The van der Waals surface area contributed by atoms with Crippen LogP contribution in [0.3, 0.4) is 0 Å². The Hall–Kier alpha value is -0.610. The number of benzene rings is 1. The second-order valence-electron chi connectivity index (χ2n) is 6.13. The zero-order valence-corrected chi connectivity index (χ0v) is 13.8. The Bertz CT molecular complexity index is 504. The van der Waals surface area contributed by atoms with Crippen LogP contribution in [0.5, 0.6) is 0 Å². The van der Waals surface area contributed by atoms with E-state index in [-0.39, 0.29) is 17.5 Å². The minimum absolute atomic E-state index is 0.00126. The van der Waals surface area contributed by atoms with E-state index < -0.39 is 0 Å². The third-order valence-corrected chi connectivity index (χ3v) is 4.23. The fourth-order valence-corrected chi connectivity index (χ4v) is 2.58. The molecule has 0 amide bonds. The first-order chi connectivity index (χ1) is 9.89. The minimum Gasteiger partial charge on any atom is -0.352 e. The normalized spacial score (nSPS) is 18.7. The van der Waals surface area contributed by atoms with Crippen LogP contribution in [-0.4, -0.2) is 25.3 Å². The SMILES string of the molecule is CC1(C)COC(CCCC(=O)c2cccc(Cl)c2Cl)OC1. The molecule has 0 unspecified atom stereocenters. The Kier molecular flexibility index (Phi) is 5.67. The molecule has 1 aromatic carbocycles. The molecule has 0 aromatic heterocycles. The number of ether oxygens (including phenoxy) is 2. The number of hydrogen-bond donors (Lipinski definition) is 0. The van der Waals surface area contributed by atoms with Gasteiger partial charge >= 0.3 is 0 Å². The van der Waals surface area contributed by atoms with E-state index in [1.165, 1.54) is 0 Å². The summed E-state index contributed by atoms with van der Waals surface area (Å²) in [5.74, 6) is -0.00126. The van der Waals surface area contributed by atoms with Crippen molar-refractivity contribution in [1.29, 1.82) is 0 Å². The van der Waals surface area contributed by atoms with Gasteiger partial charge < -0.3 is 9.47 Å². The molecular weight excluding hydrogens is 311 g/mol. The molecule has 1 saturated heterocycles. The van der Waals surface area contributed by atoms with Crippen LogP contribution in [0.2, 0.25) is 10.0 Å². The third-order valence-electron chi connectivity index (χ3n) is 3.42. The second-order valence-corrected chi connectivity index (χ2v) is 6.92. The topological polar surface area (TPSA) is 35.5 Å². The van der Waals surface area contributed by atoms with Gasteiger partial charge in [0.15, 0.2) is 12.1 Å². The summed E-state index contributed by atoms with van der Waals surface area (Å²) in [4.78, 5) is 12.1. The van der Waals surface area contributed by atoms with Crippen molar-refractivity contribution in [2.24, 2.45) is 5.41 Å². The van der Waals surface area contributed by atoms with E-state index in [1.807, 2.05) is 0 Å². The lowest BCUT2D eigenvalue weighted by atomic mass is 9.95. The maximum atomic E-state index is 12.1. The van der Waals surface area contributed by atoms with E-state index in [4.69, 9.17) is 32.7 Å². The van der Waals surface area contributed by atoms with Gasteiger partial charge in [-0.2, -0.15) is 0 Å². The smallest absolute Gasteiger partial charge is 0.164 e. The first-order valence-corrected chi connectivity index (χ1v) is 7.85. The average molecular weight is 331 g/mol. The van der Waals surface area contributed by atoms with Crippen LogP contribution in [0.4, 0.5) is 0 Å². The second kappa shape index (κ2) is 7.10.